The van der Waals surface area contributed by atoms with E-state index in [1.165, 1.54) is 6.92 Å². The fraction of sp³-hybridized carbons (Fsp3) is 0.818. The van der Waals surface area contributed by atoms with E-state index in [-0.39, 0.29) is 0 Å². The number of hydrogen-bond donors (Lipinski definition) is 2. The van der Waals surface area contributed by atoms with Crippen LogP contribution in [0.4, 0.5) is 0 Å². The van der Waals surface area contributed by atoms with Gasteiger partial charge < -0.3 is 10.2 Å². The van der Waals surface area contributed by atoms with E-state index in [1.54, 1.807) is 20.8 Å². The van der Waals surface area contributed by atoms with Crippen LogP contribution in [0.5, 0.6) is 0 Å². The molecule has 0 spiro atoms. The zero-order valence-corrected chi connectivity index (χ0v) is 9.83. The molecular weight excluding hydrogens is 196 g/mol. The van der Waals surface area contributed by atoms with Gasteiger partial charge in [0.2, 0.25) is 0 Å². The Kier molecular flexibility index (Phi) is 4.31. The largest absolute Gasteiger partial charge is 0.481 e. The number of rotatable bonds is 6. The summed E-state index contributed by atoms with van der Waals surface area (Å²) in [7, 11) is 0. The number of carboxylic acids is 2. The van der Waals surface area contributed by atoms with E-state index >= 15 is 0 Å². The molecule has 0 bridgehead atoms. The van der Waals surface area contributed by atoms with Crippen molar-refractivity contribution in [1.82, 2.24) is 0 Å². The fourth-order valence-corrected chi connectivity index (χ4v) is 2.26. The van der Waals surface area contributed by atoms with Crippen LogP contribution in [-0.4, -0.2) is 22.2 Å². The van der Waals surface area contributed by atoms with E-state index in [4.69, 9.17) is 0 Å². The number of carbonyl (C=O) groups is 2. The van der Waals surface area contributed by atoms with Crippen molar-refractivity contribution in [1.29, 1.82) is 0 Å². The molecule has 4 nitrogen and oxygen atoms in total. The van der Waals surface area contributed by atoms with Crippen molar-refractivity contribution in [3.8, 4) is 0 Å². The summed E-state index contributed by atoms with van der Waals surface area (Å²) >= 11 is 0. The molecule has 0 amide bonds. The Morgan fingerprint density at radius 3 is 1.40 bits per heavy atom. The summed E-state index contributed by atoms with van der Waals surface area (Å²) in [4.78, 5) is 22.6. The van der Waals surface area contributed by atoms with Gasteiger partial charge in [0, 0.05) is 0 Å². The summed E-state index contributed by atoms with van der Waals surface area (Å²) in [6.45, 7) is 6.70. The molecule has 0 radical (unpaired) electrons. The van der Waals surface area contributed by atoms with Crippen molar-refractivity contribution in [2.45, 2.75) is 47.0 Å². The summed E-state index contributed by atoms with van der Waals surface area (Å²) < 4.78 is 0. The van der Waals surface area contributed by atoms with E-state index in [9.17, 15) is 19.8 Å². The average Bonchev–Trinajstić information content (AvgIpc) is 2.19. The molecule has 0 aliphatic heterocycles. The highest BCUT2D eigenvalue weighted by Gasteiger charge is 2.55. The monoisotopic (exact) mass is 216 g/mol. The standard InChI is InChI=1S/C11H20O4/c1-5-10(4,8(12)13)11(6-2,7-3)9(14)15/h5-7H2,1-4H3,(H,12,13)(H,14,15). The maximum absolute atomic E-state index is 11.3. The molecule has 0 heterocycles. The highest BCUT2D eigenvalue weighted by Crippen LogP contribution is 2.47. The number of aliphatic carboxylic acids is 2. The molecule has 0 aliphatic rings. The Balaban J connectivity index is 5.58. The van der Waals surface area contributed by atoms with Crippen molar-refractivity contribution in [2.75, 3.05) is 0 Å². The van der Waals surface area contributed by atoms with Crippen molar-refractivity contribution in [2.24, 2.45) is 10.8 Å². The first kappa shape index (κ1) is 13.9. The maximum atomic E-state index is 11.3. The molecule has 0 saturated heterocycles. The lowest BCUT2D eigenvalue weighted by molar-refractivity contribution is -0.174. The van der Waals surface area contributed by atoms with Gasteiger partial charge in [0.1, 0.15) is 0 Å². The van der Waals surface area contributed by atoms with Gasteiger partial charge in [-0.3, -0.25) is 9.59 Å². The minimum absolute atomic E-state index is 0.316. The van der Waals surface area contributed by atoms with Gasteiger partial charge in [-0.05, 0) is 26.2 Å². The minimum Gasteiger partial charge on any atom is -0.481 e. The van der Waals surface area contributed by atoms with Gasteiger partial charge in [0.25, 0.3) is 0 Å². The third kappa shape index (κ3) is 1.85. The quantitative estimate of drug-likeness (QED) is 0.714. The van der Waals surface area contributed by atoms with Crippen LogP contribution in [0.25, 0.3) is 0 Å². The van der Waals surface area contributed by atoms with E-state index in [0.717, 1.165) is 0 Å². The second kappa shape index (κ2) is 4.64. The third-order valence-electron chi connectivity index (χ3n) is 3.85. The molecule has 4 heteroatoms. The molecule has 0 aliphatic carbocycles. The lowest BCUT2D eigenvalue weighted by atomic mass is 9.60. The smallest absolute Gasteiger partial charge is 0.310 e. The molecule has 88 valence electrons. The molecule has 0 rings (SSSR count). The highest BCUT2D eigenvalue weighted by molar-refractivity contribution is 5.86. The summed E-state index contributed by atoms with van der Waals surface area (Å²) in [5, 5.41) is 18.5. The van der Waals surface area contributed by atoms with Crippen molar-refractivity contribution in [3.63, 3.8) is 0 Å². The van der Waals surface area contributed by atoms with Gasteiger partial charge in [-0.25, -0.2) is 0 Å². The van der Waals surface area contributed by atoms with Gasteiger partial charge in [-0.2, -0.15) is 0 Å². The van der Waals surface area contributed by atoms with E-state index in [1.807, 2.05) is 0 Å². The topological polar surface area (TPSA) is 74.6 Å². The Hall–Kier alpha value is -1.06. The molecule has 0 aromatic carbocycles. The summed E-state index contributed by atoms with van der Waals surface area (Å²) in [5.74, 6) is -2.05. The second-order valence-corrected chi connectivity index (χ2v) is 4.09. The van der Waals surface area contributed by atoms with Gasteiger partial charge in [-0.1, -0.05) is 20.8 Å². The van der Waals surface area contributed by atoms with Crippen LogP contribution < -0.4 is 0 Å². The second-order valence-electron chi connectivity index (χ2n) is 4.09. The van der Waals surface area contributed by atoms with Crippen LogP contribution in [0.3, 0.4) is 0 Å². The summed E-state index contributed by atoms with van der Waals surface area (Å²) in [6, 6.07) is 0. The van der Waals surface area contributed by atoms with Gasteiger partial charge in [0.05, 0.1) is 10.8 Å². The van der Waals surface area contributed by atoms with Crippen LogP contribution >= 0.6 is 0 Å². The summed E-state index contributed by atoms with van der Waals surface area (Å²) in [6.07, 6.45) is 0.973. The van der Waals surface area contributed by atoms with Crippen LogP contribution in [0.1, 0.15) is 47.0 Å². The van der Waals surface area contributed by atoms with E-state index < -0.39 is 22.8 Å². The average molecular weight is 216 g/mol. The van der Waals surface area contributed by atoms with Crippen molar-refractivity contribution in [3.05, 3.63) is 0 Å². The predicted molar refractivity (Wildman–Crippen MR) is 56.7 cm³/mol. The normalized spacial score (nSPS) is 15.7. The molecule has 0 aromatic rings. The van der Waals surface area contributed by atoms with E-state index in [0.29, 0.717) is 19.3 Å². The predicted octanol–water partition coefficient (Wildman–Crippen LogP) is 2.38. The first-order chi connectivity index (χ1) is 6.82. The highest BCUT2D eigenvalue weighted by atomic mass is 16.4. The van der Waals surface area contributed by atoms with Crippen LogP contribution in [0.2, 0.25) is 0 Å². The molecule has 0 fully saturated rings. The first-order valence-electron chi connectivity index (χ1n) is 5.29. The lowest BCUT2D eigenvalue weighted by Gasteiger charge is -2.41. The molecule has 1 atom stereocenters. The Morgan fingerprint density at radius 1 is 0.933 bits per heavy atom. The maximum Gasteiger partial charge on any atom is 0.310 e. The van der Waals surface area contributed by atoms with Gasteiger partial charge in [-0.15, -0.1) is 0 Å². The molecular formula is C11H20O4. The van der Waals surface area contributed by atoms with Crippen LogP contribution in [0, 0.1) is 10.8 Å². The molecule has 15 heavy (non-hydrogen) atoms. The van der Waals surface area contributed by atoms with Crippen molar-refractivity contribution >= 4 is 11.9 Å². The zero-order valence-electron chi connectivity index (χ0n) is 9.83. The number of hydrogen-bond acceptors (Lipinski definition) is 2. The van der Waals surface area contributed by atoms with Crippen LogP contribution in [-0.2, 0) is 9.59 Å². The van der Waals surface area contributed by atoms with Crippen LogP contribution in [0.15, 0.2) is 0 Å². The van der Waals surface area contributed by atoms with Gasteiger partial charge >= 0.3 is 11.9 Å². The van der Waals surface area contributed by atoms with E-state index in [2.05, 4.69) is 0 Å². The summed E-state index contributed by atoms with van der Waals surface area (Å²) in [5.41, 5.74) is -2.38. The molecule has 2 N–H and O–H groups in total. The molecule has 0 aromatic heterocycles. The minimum atomic E-state index is -1.21. The van der Waals surface area contributed by atoms with Crippen molar-refractivity contribution < 1.29 is 19.8 Å². The lowest BCUT2D eigenvalue weighted by Crippen LogP contribution is -2.50. The zero-order chi connectivity index (χ0) is 12.3. The third-order valence-corrected chi connectivity index (χ3v) is 3.85. The van der Waals surface area contributed by atoms with Gasteiger partial charge in [0.15, 0.2) is 0 Å². The fourth-order valence-electron chi connectivity index (χ4n) is 2.26. The SMILES string of the molecule is CCC(C)(C(=O)O)C(CC)(CC)C(=O)O. The Morgan fingerprint density at radius 2 is 1.33 bits per heavy atom. The molecule has 1 unspecified atom stereocenters. The number of carboxylic acid groups (broad SMARTS) is 2. The Bertz CT molecular complexity index is 255. The molecule has 0 saturated carbocycles. The first-order valence-corrected chi connectivity index (χ1v) is 5.29. The Labute approximate surface area is 90.3 Å².